The Morgan fingerprint density at radius 3 is 2.36 bits per heavy atom. The molecule has 6 nitrogen and oxygen atoms in total. The first-order valence-corrected chi connectivity index (χ1v) is 10.3. The molecule has 1 amide bonds. The molecule has 1 aromatic rings. The van der Waals surface area contributed by atoms with Gasteiger partial charge in [0.15, 0.2) is 0 Å². The van der Waals surface area contributed by atoms with E-state index in [-0.39, 0.29) is 17.7 Å². The van der Waals surface area contributed by atoms with Crippen molar-refractivity contribution in [3.05, 3.63) is 29.8 Å². The minimum absolute atomic E-state index is 0.0421. The Bertz CT molecular complexity index is 611. The highest BCUT2D eigenvalue weighted by Gasteiger charge is 2.26. The second kappa shape index (κ2) is 11.8. The molecule has 1 aliphatic heterocycles. The molecule has 2 rings (SSSR count). The van der Waals surface area contributed by atoms with Crippen LogP contribution in [0, 0.1) is 0 Å². The number of benzene rings is 1. The molecule has 6 heteroatoms. The lowest BCUT2D eigenvalue weighted by Gasteiger charge is -2.29. The molecular weight excluding hydrogens is 356 g/mol. The molecule has 28 heavy (non-hydrogen) atoms. The Balaban J connectivity index is 1.91. The quantitative estimate of drug-likeness (QED) is 0.537. The van der Waals surface area contributed by atoms with Crippen LogP contribution >= 0.6 is 0 Å². The summed E-state index contributed by atoms with van der Waals surface area (Å²) >= 11 is 0. The van der Waals surface area contributed by atoms with E-state index in [4.69, 9.17) is 4.74 Å². The molecule has 1 saturated heterocycles. The van der Waals surface area contributed by atoms with Gasteiger partial charge in [0.25, 0.3) is 0 Å². The van der Waals surface area contributed by atoms with Gasteiger partial charge in [-0.1, -0.05) is 18.6 Å². The Labute approximate surface area is 168 Å². The summed E-state index contributed by atoms with van der Waals surface area (Å²) in [6, 6.07) is 6.98. The minimum atomic E-state index is -0.770. The number of ether oxygens (including phenoxy) is 1. The van der Waals surface area contributed by atoms with Crippen molar-refractivity contribution in [2.24, 2.45) is 0 Å². The first-order chi connectivity index (χ1) is 13.5. The van der Waals surface area contributed by atoms with Crippen LogP contribution in [0.1, 0.15) is 63.5 Å². The van der Waals surface area contributed by atoms with Crippen molar-refractivity contribution in [1.82, 2.24) is 10.2 Å². The first-order valence-electron chi connectivity index (χ1n) is 10.3. The van der Waals surface area contributed by atoms with E-state index in [1.54, 1.807) is 14.0 Å². The van der Waals surface area contributed by atoms with Gasteiger partial charge in [0.1, 0.15) is 17.6 Å². The normalized spacial score (nSPS) is 16.5. The topological polar surface area (TPSA) is 78.9 Å². The highest BCUT2D eigenvalue weighted by molar-refractivity contribution is 5.76. The van der Waals surface area contributed by atoms with Crippen LogP contribution in [-0.4, -0.2) is 54.5 Å². The number of Topliss-reactive ketones (excluding diaryl/α,β-unsaturated/α-hetero) is 1. The molecule has 1 heterocycles. The van der Waals surface area contributed by atoms with Crippen LogP contribution in [0.15, 0.2) is 24.3 Å². The van der Waals surface area contributed by atoms with E-state index >= 15 is 0 Å². The zero-order valence-corrected chi connectivity index (χ0v) is 17.2. The van der Waals surface area contributed by atoms with E-state index < -0.39 is 6.10 Å². The van der Waals surface area contributed by atoms with Crippen molar-refractivity contribution in [2.45, 2.75) is 64.0 Å². The van der Waals surface area contributed by atoms with E-state index in [2.05, 4.69) is 10.2 Å². The number of amides is 1. The van der Waals surface area contributed by atoms with Gasteiger partial charge in [-0.3, -0.25) is 4.79 Å². The lowest BCUT2D eigenvalue weighted by Crippen LogP contribution is -2.46. The fourth-order valence-electron chi connectivity index (χ4n) is 3.62. The number of rotatable bonds is 12. The second-order valence-electron chi connectivity index (χ2n) is 7.66. The Kier molecular flexibility index (Phi) is 9.44. The van der Waals surface area contributed by atoms with E-state index in [0.717, 1.165) is 56.5 Å². The number of aliphatic hydroxyl groups excluding tert-OH is 1. The number of likely N-dealkylation sites (tertiary alicyclic amines) is 1. The molecule has 2 atom stereocenters. The zero-order valence-electron chi connectivity index (χ0n) is 17.2. The lowest BCUT2D eigenvalue weighted by molar-refractivity contribution is -0.123. The summed E-state index contributed by atoms with van der Waals surface area (Å²) in [7, 11) is 1.61. The summed E-state index contributed by atoms with van der Waals surface area (Å²) in [6.07, 6.45) is 5.00. The largest absolute Gasteiger partial charge is 0.497 e. The summed E-state index contributed by atoms with van der Waals surface area (Å²) in [5, 5.41) is 13.9. The third-order valence-corrected chi connectivity index (χ3v) is 5.27. The van der Waals surface area contributed by atoms with Crippen molar-refractivity contribution in [1.29, 1.82) is 0 Å². The molecule has 1 aliphatic rings. The van der Waals surface area contributed by atoms with Gasteiger partial charge >= 0.3 is 0 Å². The third kappa shape index (κ3) is 7.60. The molecular formula is C22H34N2O4. The second-order valence-corrected chi connectivity index (χ2v) is 7.66. The number of ketones is 1. The van der Waals surface area contributed by atoms with Gasteiger partial charge in [0.05, 0.1) is 13.2 Å². The number of nitrogens with zero attached hydrogens (tertiary/aromatic N) is 1. The molecule has 0 spiro atoms. The molecule has 2 N–H and O–H groups in total. The van der Waals surface area contributed by atoms with Crippen LogP contribution in [0.25, 0.3) is 0 Å². The van der Waals surface area contributed by atoms with Crippen LogP contribution in [0.4, 0.5) is 0 Å². The summed E-state index contributed by atoms with van der Waals surface area (Å²) in [5.74, 6) is 0.888. The fraction of sp³-hybridized carbons (Fsp3) is 0.636. The molecule has 0 aromatic heterocycles. The van der Waals surface area contributed by atoms with Crippen molar-refractivity contribution in [2.75, 3.05) is 26.7 Å². The summed E-state index contributed by atoms with van der Waals surface area (Å²) in [4.78, 5) is 25.7. The third-order valence-electron chi connectivity index (χ3n) is 5.27. The van der Waals surface area contributed by atoms with Crippen molar-refractivity contribution >= 4 is 11.7 Å². The predicted octanol–water partition coefficient (Wildman–Crippen LogP) is 2.85. The Morgan fingerprint density at radius 2 is 1.75 bits per heavy atom. The molecule has 1 fully saturated rings. The molecule has 0 bridgehead atoms. The Hall–Kier alpha value is -1.92. The maximum absolute atomic E-state index is 12.4. The van der Waals surface area contributed by atoms with Crippen molar-refractivity contribution in [3.8, 4) is 5.75 Å². The minimum Gasteiger partial charge on any atom is -0.497 e. The number of hydrogen-bond donors (Lipinski definition) is 2. The van der Waals surface area contributed by atoms with Gasteiger partial charge in [-0.25, -0.2) is 0 Å². The van der Waals surface area contributed by atoms with Gasteiger partial charge in [0.2, 0.25) is 5.91 Å². The van der Waals surface area contributed by atoms with Gasteiger partial charge in [0, 0.05) is 19.4 Å². The maximum atomic E-state index is 12.4. The van der Waals surface area contributed by atoms with Gasteiger partial charge in [-0.2, -0.15) is 0 Å². The van der Waals surface area contributed by atoms with E-state index in [1.807, 2.05) is 24.3 Å². The number of methoxy groups -OCH3 is 1. The smallest absolute Gasteiger partial charge is 0.220 e. The standard InChI is InChI=1S/C22H34N2O4/c1-17(25)8-4-3-5-9-21(26)23-20(16-24-14-6-7-15-24)22(27)18-10-12-19(28-2)13-11-18/h10-13,20,22,27H,3-9,14-16H2,1-2H3,(H,23,26)/t20-,22+/m1/s1. The van der Waals surface area contributed by atoms with Crippen LogP contribution in [0.5, 0.6) is 5.75 Å². The number of aliphatic hydroxyl groups is 1. The number of nitrogens with one attached hydrogen (secondary N) is 1. The van der Waals surface area contributed by atoms with Gasteiger partial charge in [-0.15, -0.1) is 0 Å². The van der Waals surface area contributed by atoms with E-state index in [0.29, 0.717) is 19.4 Å². The van der Waals surface area contributed by atoms with Crippen LogP contribution < -0.4 is 10.1 Å². The molecule has 0 saturated carbocycles. The number of unbranched alkanes of at least 4 members (excludes halogenated alkanes) is 2. The Morgan fingerprint density at radius 1 is 1.11 bits per heavy atom. The summed E-state index contributed by atoms with van der Waals surface area (Å²) < 4.78 is 5.18. The average Bonchev–Trinajstić information content (AvgIpc) is 3.19. The first kappa shape index (κ1) is 22.4. The molecule has 0 radical (unpaired) electrons. The van der Waals surface area contributed by atoms with Crippen LogP contribution in [0.3, 0.4) is 0 Å². The highest BCUT2D eigenvalue weighted by Crippen LogP contribution is 2.22. The number of carbonyl (C=O) groups is 2. The van der Waals surface area contributed by atoms with Crippen LogP contribution in [0.2, 0.25) is 0 Å². The molecule has 1 aromatic carbocycles. The summed E-state index contributed by atoms with van der Waals surface area (Å²) in [5.41, 5.74) is 0.770. The van der Waals surface area contributed by atoms with Crippen LogP contribution in [-0.2, 0) is 9.59 Å². The number of hydrogen-bond acceptors (Lipinski definition) is 5. The SMILES string of the molecule is COc1ccc([C@H](O)[C@@H](CN2CCCC2)NC(=O)CCCCCC(C)=O)cc1. The van der Waals surface area contributed by atoms with E-state index in [1.165, 1.54) is 0 Å². The monoisotopic (exact) mass is 390 g/mol. The molecule has 0 unspecified atom stereocenters. The average molecular weight is 391 g/mol. The number of carbonyl (C=O) groups excluding carboxylic acids is 2. The van der Waals surface area contributed by atoms with Gasteiger partial charge in [-0.05, 0) is 63.4 Å². The molecule has 156 valence electrons. The highest BCUT2D eigenvalue weighted by atomic mass is 16.5. The summed E-state index contributed by atoms with van der Waals surface area (Å²) in [6.45, 7) is 4.25. The maximum Gasteiger partial charge on any atom is 0.220 e. The fourth-order valence-corrected chi connectivity index (χ4v) is 3.62. The van der Waals surface area contributed by atoms with Crippen molar-refractivity contribution in [3.63, 3.8) is 0 Å². The van der Waals surface area contributed by atoms with Gasteiger partial charge < -0.3 is 24.9 Å². The predicted molar refractivity (Wildman–Crippen MR) is 109 cm³/mol. The van der Waals surface area contributed by atoms with Crippen molar-refractivity contribution < 1.29 is 19.4 Å². The van der Waals surface area contributed by atoms with E-state index in [9.17, 15) is 14.7 Å². The molecule has 0 aliphatic carbocycles. The zero-order chi connectivity index (χ0) is 20.4. The lowest BCUT2D eigenvalue weighted by atomic mass is 10.0.